The largest absolute Gasteiger partial charge is 0.483 e. The van der Waals surface area contributed by atoms with Crippen molar-refractivity contribution in [3.05, 3.63) is 94.8 Å². The lowest BCUT2D eigenvalue weighted by Gasteiger charge is -2.20. The van der Waals surface area contributed by atoms with Crippen molar-refractivity contribution < 1.29 is 18.7 Å². The van der Waals surface area contributed by atoms with Crippen LogP contribution in [0.1, 0.15) is 27.0 Å². The van der Waals surface area contributed by atoms with Gasteiger partial charge in [0.25, 0.3) is 11.8 Å². The Labute approximate surface area is 178 Å². The molecule has 1 aliphatic rings. The Morgan fingerprint density at radius 1 is 1.13 bits per heavy atom. The number of nitrogens with zero attached hydrogens (tertiary/aromatic N) is 2. The summed E-state index contributed by atoms with van der Waals surface area (Å²) in [6.07, 6.45) is 0. The first-order chi connectivity index (χ1) is 15.0. The first-order valence-electron chi connectivity index (χ1n) is 9.62. The molecule has 4 rings (SSSR count). The standard InChI is InChI=1S/C24H18FN3O3/c25-21-4-2-1-3-18(21)13-28-14-19-11-20(9-10-22(19)31-15-23(28)29)27-24(30)17-7-5-16(12-26)6-8-17/h1-11H,13-15H2,(H,27,30). The molecule has 0 atom stereocenters. The van der Waals surface area contributed by atoms with Gasteiger partial charge in [0.15, 0.2) is 6.61 Å². The van der Waals surface area contributed by atoms with Gasteiger partial charge >= 0.3 is 0 Å². The molecule has 0 aliphatic carbocycles. The second kappa shape index (κ2) is 8.67. The number of ether oxygens (including phenoxy) is 1. The number of halogens is 1. The summed E-state index contributed by atoms with van der Waals surface area (Å²) in [4.78, 5) is 26.5. The minimum Gasteiger partial charge on any atom is -0.483 e. The lowest BCUT2D eigenvalue weighted by molar-refractivity contribution is -0.133. The third-order valence-electron chi connectivity index (χ3n) is 4.98. The summed E-state index contributed by atoms with van der Waals surface area (Å²) in [6.45, 7) is 0.206. The number of rotatable bonds is 4. The van der Waals surface area contributed by atoms with Crippen molar-refractivity contribution in [3.8, 4) is 11.8 Å². The van der Waals surface area contributed by atoms with E-state index in [2.05, 4.69) is 5.32 Å². The van der Waals surface area contributed by atoms with Gasteiger partial charge < -0.3 is 15.0 Å². The van der Waals surface area contributed by atoms with E-state index < -0.39 is 0 Å². The highest BCUT2D eigenvalue weighted by atomic mass is 19.1. The van der Waals surface area contributed by atoms with Crippen molar-refractivity contribution in [2.75, 3.05) is 11.9 Å². The molecule has 0 aromatic heterocycles. The maximum Gasteiger partial charge on any atom is 0.261 e. The Bertz CT molecular complexity index is 1190. The van der Waals surface area contributed by atoms with Gasteiger partial charge in [-0.1, -0.05) is 18.2 Å². The number of benzene rings is 3. The Morgan fingerprint density at radius 3 is 2.65 bits per heavy atom. The van der Waals surface area contributed by atoms with Crippen molar-refractivity contribution in [1.82, 2.24) is 4.90 Å². The average Bonchev–Trinajstić information content (AvgIpc) is 2.94. The van der Waals surface area contributed by atoms with Crippen LogP contribution in [0.5, 0.6) is 5.75 Å². The highest BCUT2D eigenvalue weighted by Crippen LogP contribution is 2.28. The molecule has 0 saturated carbocycles. The highest BCUT2D eigenvalue weighted by Gasteiger charge is 2.23. The number of anilines is 1. The van der Waals surface area contributed by atoms with Crippen molar-refractivity contribution in [2.24, 2.45) is 0 Å². The number of carbonyl (C=O) groups is 2. The molecule has 0 saturated heterocycles. The second-order valence-corrected chi connectivity index (χ2v) is 7.10. The van der Waals surface area contributed by atoms with Crippen molar-refractivity contribution in [3.63, 3.8) is 0 Å². The Morgan fingerprint density at radius 2 is 1.90 bits per heavy atom. The van der Waals surface area contributed by atoms with Crippen LogP contribution in [0.2, 0.25) is 0 Å². The van der Waals surface area contributed by atoms with Gasteiger partial charge in [0, 0.05) is 35.5 Å². The molecule has 0 spiro atoms. The van der Waals surface area contributed by atoms with Crippen molar-refractivity contribution in [1.29, 1.82) is 5.26 Å². The molecule has 1 heterocycles. The smallest absolute Gasteiger partial charge is 0.261 e. The highest BCUT2D eigenvalue weighted by molar-refractivity contribution is 6.04. The molecule has 3 aromatic carbocycles. The third-order valence-corrected chi connectivity index (χ3v) is 4.98. The summed E-state index contributed by atoms with van der Waals surface area (Å²) in [5.74, 6) is -0.397. The quantitative estimate of drug-likeness (QED) is 0.701. The van der Waals surface area contributed by atoms with Crippen LogP contribution in [0.3, 0.4) is 0 Å². The Balaban J connectivity index is 1.53. The molecule has 3 aromatic rings. The van der Waals surface area contributed by atoms with Gasteiger partial charge in [-0.05, 0) is 48.5 Å². The van der Waals surface area contributed by atoms with E-state index in [1.165, 1.54) is 11.0 Å². The fourth-order valence-corrected chi connectivity index (χ4v) is 3.32. The molecule has 31 heavy (non-hydrogen) atoms. The molecule has 0 fully saturated rings. The number of hydrogen-bond acceptors (Lipinski definition) is 4. The first kappa shape index (κ1) is 20.1. The molecular weight excluding hydrogens is 397 g/mol. The number of nitrogens with one attached hydrogen (secondary N) is 1. The molecule has 2 amide bonds. The zero-order valence-electron chi connectivity index (χ0n) is 16.5. The van der Waals surface area contributed by atoms with E-state index in [0.29, 0.717) is 33.7 Å². The zero-order valence-corrected chi connectivity index (χ0v) is 16.5. The number of carbonyl (C=O) groups excluding carboxylic acids is 2. The van der Waals surface area contributed by atoms with Gasteiger partial charge in [0.2, 0.25) is 0 Å². The topological polar surface area (TPSA) is 82.4 Å². The van der Waals surface area contributed by atoms with Crippen LogP contribution in [0, 0.1) is 17.1 Å². The van der Waals surface area contributed by atoms with E-state index in [-0.39, 0.29) is 37.3 Å². The van der Waals surface area contributed by atoms with E-state index in [0.717, 1.165) is 0 Å². The summed E-state index contributed by atoms with van der Waals surface area (Å²) in [5.41, 5.74) is 2.56. The monoisotopic (exact) mass is 415 g/mol. The van der Waals surface area contributed by atoms with E-state index >= 15 is 0 Å². The number of fused-ring (bicyclic) bond motifs is 1. The molecule has 0 unspecified atom stereocenters. The van der Waals surface area contributed by atoms with Gasteiger partial charge in [-0.15, -0.1) is 0 Å². The van der Waals surface area contributed by atoms with E-state index in [1.54, 1.807) is 60.7 Å². The summed E-state index contributed by atoms with van der Waals surface area (Å²) < 4.78 is 19.7. The van der Waals surface area contributed by atoms with Crippen molar-refractivity contribution in [2.45, 2.75) is 13.1 Å². The molecule has 0 radical (unpaired) electrons. The summed E-state index contributed by atoms with van der Waals surface area (Å²) >= 11 is 0. The average molecular weight is 415 g/mol. The van der Waals surface area contributed by atoms with Crippen LogP contribution in [0.25, 0.3) is 0 Å². The van der Waals surface area contributed by atoms with Gasteiger partial charge in [-0.3, -0.25) is 9.59 Å². The Kier molecular flexibility index (Phi) is 5.63. The molecular formula is C24H18FN3O3. The van der Waals surface area contributed by atoms with Crippen LogP contribution in [-0.4, -0.2) is 23.3 Å². The molecule has 6 nitrogen and oxygen atoms in total. The second-order valence-electron chi connectivity index (χ2n) is 7.10. The predicted octanol–water partition coefficient (Wildman–Crippen LogP) is 3.87. The molecule has 154 valence electrons. The van der Waals surface area contributed by atoms with Crippen LogP contribution < -0.4 is 10.1 Å². The van der Waals surface area contributed by atoms with Crippen molar-refractivity contribution >= 4 is 17.5 Å². The van der Waals surface area contributed by atoms with Gasteiger partial charge in [-0.25, -0.2) is 4.39 Å². The first-order valence-corrected chi connectivity index (χ1v) is 9.62. The lowest BCUT2D eigenvalue weighted by Crippen LogP contribution is -2.32. The minimum absolute atomic E-state index is 0.121. The normalized spacial score (nSPS) is 12.9. The van der Waals surface area contributed by atoms with Crippen LogP contribution in [0.4, 0.5) is 10.1 Å². The van der Waals surface area contributed by atoms with E-state index in [1.807, 2.05) is 6.07 Å². The molecule has 0 bridgehead atoms. The molecule has 1 N–H and O–H groups in total. The predicted molar refractivity (Wildman–Crippen MR) is 112 cm³/mol. The SMILES string of the molecule is N#Cc1ccc(C(=O)Nc2ccc3c(c2)CN(Cc2ccccc2F)C(=O)CO3)cc1. The van der Waals surface area contributed by atoms with E-state index in [9.17, 15) is 14.0 Å². The van der Waals surface area contributed by atoms with Crippen LogP contribution in [0.15, 0.2) is 66.7 Å². The van der Waals surface area contributed by atoms with Gasteiger partial charge in [0.1, 0.15) is 11.6 Å². The van der Waals surface area contributed by atoms with Gasteiger partial charge in [-0.2, -0.15) is 5.26 Å². The fourth-order valence-electron chi connectivity index (χ4n) is 3.32. The zero-order chi connectivity index (χ0) is 21.8. The number of hydrogen-bond donors (Lipinski definition) is 1. The number of nitriles is 1. The molecule has 7 heteroatoms. The van der Waals surface area contributed by atoms with Crippen LogP contribution >= 0.6 is 0 Å². The van der Waals surface area contributed by atoms with Gasteiger partial charge in [0.05, 0.1) is 11.6 Å². The Hall–Kier alpha value is -4.18. The third kappa shape index (κ3) is 4.54. The minimum atomic E-state index is -0.371. The summed E-state index contributed by atoms with van der Waals surface area (Å²) in [5, 5.41) is 11.7. The van der Waals surface area contributed by atoms with Crippen LogP contribution in [-0.2, 0) is 17.9 Å². The summed E-state index contributed by atoms with van der Waals surface area (Å²) in [7, 11) is 0. The lowest BCUT2D eigenvalue weighted by atomic mass is 10.1. The van der Waals surface area contributed by atoms with E-state index in [4.69, 9.17) is 10.00 Å². The fraction of sp³-hybridized carbons (Fsp3) is 0.125. The maximum atomic E-state index is 14.1. The number of amides is 2. The maximum absolute atomic E-state index is 14.1. The molecule has 1 aliphatic heterocycles. The summed E-state index contributed by atoms with van der Waals surface area (Å²) in [6, 6.07) is 19.8.